The molecule has 0 radical (unpaired) electrons. The van der Waals surface area contributed by atoms with Crippen molar-refractivity contribution in [3.8, 4) is 0 Å². The summed E-state index contributed by atoms with van der Waals surface area (Å²) in [6.45, 7) is 10.8. The summed E-state index contributed by atoms with van der Waals surface area (Å²) in [7, 11) is 0. The summed E-state index contributed by atoms with van der Waals surface area (Å²) < 4.78 is 9.77. The zero-order valence-corrected chi connectivity index (χ0v) is 10.1. The quantitative estimate of drug-likeness (QED) is 0.574. The average Bonchev–Trinajstić information content (AvgIpc) is 2.10. The Morgan fingerprint density at radius 1 is 1.44 bits per heavy atom. The minimum atomic E-state index is -0.565. The number of nitrogens with one attached hydrogen (secondary N) is 1. The second-order valence-electron chi connectivity index (χ2n) is 4.37. The van der Waals surface area contributed by atoms with Crippen LogP contribution < -0.4 is 5.32 Å². The third-order valence-corrected chi connectivity index (χ3v) is 1.68. The van der Waals surface area contributed by atoms with Gasteiger partial charge in [0.05, 0.1) is 6.04 Å². The molecule has 0 aliphatic carbocycles. The molecule has 0 aromatic rings. The number of hydrogen-bond acceptors (Lipinski definition) is 4. The Morgan fingerprint density at radius 2 is 2.00 bits per heavy atom. The largest absolute Gasteiger partial charge is 0.458 e. The molecule has 0 saturated heterocycles. The molecule has 16 heavy (non-hydrogen) atoms. The average molecular weight is 229 g/mol. The second-order valence-corrected chi connectivity index (χ2v) is 4.37. The van der Waals surface area contributed by atoms with Crippen molar-refractivity contribution < 1.29 is 19.1 Å². The maximum atomic E-state index is 11.4. The lowest BCUT2D eigenvalue weighted by atomic mass is 10.2. The van der Waals surface area contributed by atoms with Crippen LogP contribution in [0.1, 0.15) is 27.7 Å². The molecule has 0 unspecified atom stereocenters. The predicted molar refractivity (Wildman–Crippen MR) is 60.0 cm³/mol. The van der Waals surface area contributed by atoms with Gasteiger partial charge in [-0.15, -0.1) is 0 Å². The van der Waals surface area contributed by atoms with Gasteiger partial charge in [-0.05, 0) is 33.8 Å². The van der Waals surface area contributed by atoms with Gasteiger partial charge in [0.1, 0.15) is 11.7 Å². The summed E-state index contributed by atoms with van der Waals surface area (Å²) in [6, 6.07) is -0.391. The molecule has 0 aliphatic heterocycles. The minimum absolute atomic E-state index is 0.319. The van der Waals surface area contributed by atoms with Crippen molar-refractivity contribution in [2.24, 2.45) is 0 Å². The SMILES string of the molecule is C=C[C@H](OC=O)[C@@H](C)NC(=O)OC(C)(C)C. The van der Waals surface area contributed by atoms with Gasteiger partial charge in [-0.2, -0.15) is 0 Å². The maximum Gasteiger partial charge on any atom is 0.408 e. The van der Waals surface area contributed by atoms with E-state index in [9.17, 15) is 9.59 Å². The molecule has 0 saturated carbocycles. The smallest absolute Gasteiger partial charge is 0.408 e. The predicted octanol–water partition coefficient (Wildman–Crippen LogP) is 1.63. The molecular weight excluding hydrogens is 210 g/mol. The van der Waals surface area contributed by atoms with Crippen LogP contribution in [0.2, 0.25) is 0 Å². The van der Waals surface area contributed by atoms with Gasteiger partial charge in [-0.3, -0.25) is 4.79 Å². The molecule has 92 valence electrons. The Hall–Kier alpha value is -1.52. The molecule has 0 aromatic heterocycles. The van der Waals surface area contributed by atoms with Gasteiger partial charge in [-0.1, -0.05) is 6.58 Å². The highest BCUT2D eigenvalue weighted by molar-refractivity contribution is 5.68. The van der Waals surface area contributed by atoms with Crippen molar-refractivity contribution >= 4 is 12.6 Å². The Labute approximate surface area is 95.8 Å². The van der Waals surface area contributed by atoms with E-state index in [4.69, 9.17) is 9.47 Å². The van der Waals surface area contributed by atoms with E-state index >= 15 is 0 Å². The fourth-order valence-electron chi connectivity index (χ4n) is 1.02. The van der Waals surface area contributed by atoms with Crippen LogP contribution in [0.15, 0.2) is 12.7 Å². The van der Waals surface area contributed by atoms with E-state index in [0.717, 1.165) is 0 Å². The van der Waals surface area contributed by atoms with E-state index in [1.165, 1.54) is 6.08 Å². The molecule has 1 N–H and O–H groups in total. The molecule has 0 aromatic carbocycles. The highest BCUT2D eigenvalue weighted by atomic mass is 16.6. The minimum Gasteiger partial charge on any atom is -0.458 e. The summed E-state index contributed by atoms with van der Waals surface area (Å²) in [6.07, 6.45) is 0.322. The molecule has 0 spiro atoms. The number of ether oxygens (including phenoxy) is 2. The molecule has 2 atom stereocenters. The van der Waals surface area contributed by atoms with E-state index < -0.39 is 23.8 Å². The fourth-order valence-corrected chi connectivity index (χ4v) is 1.02. The van der Waals surface area contributed by atoms with Gasteiger partial charge in [-0.25, -0.2) is 4.79 Å². The second kappa shape index (κ2) is 6.15. The number of carbonyl (C=O) groups is 2. The zero-order chi connectivity index (χ0) is 12.8. The van der Waals surface area contributed by atoms with Crippen molar-refractivity contribution in [2.75, 3.05) is 0 Å². The van der Waals surface area contributed by atoms with Crippen LogP contribution in [0.3, 0.4) is 0 Å². The van der Waals surface area contributed by atoms with Crippen LogP contribution in [0, 0.1) is 0 Å². The highest BCUT2D eigenvalue weighted by Crippen LogP contribution is 2.07. The normalized spacial score (nSPS) is 14.5. The Morgan fingerprint density at radius 3 is 2.38 bits per heavy atom. The first kappa shape index (κ1) is 14.5. The molecular formula is C11H19NO4. The molecule has 5 nitrogen and oxygen atoms in total. The van der Waals surface area contributed by atoms with E-state index in [1.54, 1.807) is 27.7 Å². The van der Waals surface area contributed by atoms with E-state index in [2.05, 4.69) is 11.9 Å². The first-order valence-corrected chi connectivity index (χ1v) is 5.01. The lowest BCUT2D eigenvalue weighted by Gasteiger charge is -2.24. The van der Waals surface area contributed by atoms with Gasteiger partial charge < -0.3 is 14.8 Å². The molecule has 0 rings (SSSR count). The van der Waals surface area contributed by atoms with Gasteiger partial charge >= 0.3 is 6.09 Å². The Kier molecular flexibility index (Phi) is 5.56. The van der Waals surface area contributed by atoms with Crippen LogP contribution in [0.25, 0.3) is 0 Å². The van der Waals surface area contributed by atoms with Crippen molar-refractivity contribution in [2.45, 2.75) is 45.4 Å². The first-order chi connectivity index (χ1) is 7.30. The van der Waals surface area contributed by atoms with Crippen molar-refractivity contribution in [3.63, 3.8) is 0 Å². The summed E-state index contributed by atoms with van der Waals surface area (Å²) in [5.41, 5.74) is -0.557. The molecule has 1 amide bonds. The van der Waals surface area contributed by atoms with E-state index in [0.29, 0.717) is 6.47 Å². The number of carbonyl (C=O) groups excluding carboxylic acids is 2. The Bertz CT molecular complexity index is 257. The number of hydrogen-bond donors (Lipinski definition) is 1. The molecule has 0 bridgehead atoms. The summed E-state index contributed by atoms with van der Waals surface area (Å²) >= 11 is 0. The standard InChI is InChI=1S/C11H19NO4/c1-6-9(15-7-13)8(2)12-10(14)16-11(3,4)5/h6-9H,1H2,2-5H3,(H,12,14)/t8-,9+/m1/s1. The number of alkyl carbamates (subject to hydrolysis) is 1. The van der Waals surface area contributed by atoms with Gasteiger partial charge in [0, 0.05) is 0 Å². The first-order valence-electron chi connectivity index (χ1n) is 5.01. The topological polar surface area (TPSA) is 64.6 Å². The molecule has 0 aliphatic rings. The molecule has 5 heteroatoms. The van der Waals surface area contributed by atoms with Crippen LogP contribution in [-0.4, -0.2) is 30.3 Å². The summed E-state index contributed by atoms with van der Waals surface area (Å²) in [4.78, 5) is 21.6. The van der Waals surface area contributed by atoms with Crippen LogP contribution in [-0.2, 0) is 14.3 Å². The number of rotatable bonds is 5. The van der Waals surface area contributed by atoms with Gasteiger partial charge in [0.15, 0.2) is 0 Å². The molecule has 0 heterocycles. The third-order valence-electron chi connectivity index (χ3n) is 1.68. The third kappa shape index (κ3) is 6.06. The fraction of sp³-hybridized carbons (Fsp3) is 0.636. The maximum absolute atomic E-state index is 11.4. The van der Waals surface area contributed by atoms with Crippen LogP contribution in [0.4, 0.5) is 4.79 Å². The van der Waals surface area contributed by atoms with Crippen LogP contribution in [0.5, 0.6) is 0 Å². The van der Waals surface area contributed by atoms with Gasteiger partial charge in [0.2, 0.25) is 0 Å². The van der Waals surface area contributed by atoms with Gasteiger partial charge in [0.25, 0.3) is 6.47 Å². The zero-order valence-electron chi connectivity index (χ0n) is 10.1. The highest BCUT2D eigenvalue weighted by Gasteiger charge is 2.21. The summed E-state index contributed by atoms with van der Waals surface area (Å²) in [5.74, 6) is 0. The van der Waals surface area contributed by atoms with Crippen molar-refractivity contribution in [1.29, 1.82) is 0 Å². The Balaban J connectivity index is 4.21. The van der Waals surface area contributed by atoms with Crippen LogP contribution >= 0.6 is 0 Å². The monoisotopic (exact) mass is 229 g/mol. The van der Waals surface area contributed by atoms with Crippen molar-refractivity contribution in [1.82, 2.24) is 5.32 Å². The van der Waals surface area contributed by atoms with Crippen molar-refractivity contribution in [3.05, 3.63) is 12.7 Å². The lowest BCUT2D eigenvalue weighted by molar-refractivity contribution is -0.132. The number of amides is 1. The van der Waals surface area contributed by atoms with E-state index in [-0.39, 0.29) is 0 Å². The van der Waals surface area contributed by atoms with E-state index in [1.807, 2.05) is 0 Å². The summed E-state index contributed by atoms with van der Waals surface area (Å²) in [5, 5.41) is 2.56. The molecule has 0 fully saturated rings. The lowest BCUT2D eigenvalue weighted by Crippen LogP contribution is -2.43.